The van der Waals surface area contributed by atoms with E-state index < -0.39 is 16.1 Å². The van der Waals surface area contributed by atoms with Crippen molar-refractivity contribution in [1.29, 1.82) is 0 Å². The lowest BCUT2D eigenvalue weighted by Gasteiger charge is -2.38. The van der Waals surface area contributed by atoms with Crippen molar-refractivity contribution in [2.75, 3.05) is 31.1 Å². The number of sulfonamides is 1. The monoisotopic (exact) mass is 519 g/mol. The van der Waals surface area contributed by atoms with Crippen LogP contribution in [0.15, 0.2) is 65.6 Å². The molecular weight excluding hydrogens is 482 g/mol. The maximum Gasteiger partial charge on any atom is 0.241 e. The van der Waals surface area contributed by atoms with E-state index in [1.807, 2.05) is 49.4 Å². The summed E-state index contributed by atoms with van der Waals surface area (Å²) in [7, 11) is -3.91. The van der Waals surface area contributed by atoms with Crippen molar-refractivity contribution in [3.05, 3.63) is 94.0 Å². The Bertz CT molecular complexity index is 1360. The summed E-state index contributed by atoms with van der Waals surface area (Å²) in [5, 5.41) is 0. The van der Waals surface area contributed by atoms with Gasteiger partial charge in [-0.05, 0) is 74.9 Å². The van der Waals surface area contributed by atoms with Crippen molar-refractivity contribution in [2.45, 2.75) is 52.0 Å². The number of piperazine rings is 1. The zero-order chi connectivity index (χ0) is 26.7. The first-order chi connectivity index (χ1) is 17.6. The molecule has 1 atom stereocenters. The van der Waals surface area contributed by atoms with Crippen LogP contribution in [0.4, 0.5) is 5.69 Å². The standard InChI is InChI=1S/C30H37N3O3S/c1-21-18-23(3)29(24(4)19-21)37(35,36)31-27(20-26-11-7-6-8-12-26)30(34)33-16-14-32(15-17-33)28-13-9-10-22(2)25(28)5/h6-13,18-19,27,31H,14-17,20H2,1-5H3/t27-/m0/s1. The third kappa shape index (κ3) is 6.05. The molecule has 1 heterocycles. The Balaban J connectivity index is 1.56. The van der Waals surface area contributed by atoms with Crippen molar-refractivity contribution in [3.8, 4) is 0 Å². The number of aryl methyl sites for hydroxylation is 4. The predicted octanol–water partition coefficient (Wildman–Crippen LogP) is 4.47. The molecule has 1 fully saturated rings. The van der Waals surface area contributed by atoms with Crippen LogP contribution in [0.1, 0.15) is 33.4 Å². The van der Waals surface area contributed by atoms with E-state index >= 15 is 0 Å². The summed E-state index contributed by atoms with van der Waals surface area (Å²) >= 11 is 0. The van der Waals surface area contributed by atoms with Gasteiger partial charge in [0.05, 0.1) is 4.90 Å². The number of rotatable bonds is 7. The molecule has 3 aromatic carbocycles. The minimum atomic E-state index is -3.91. The Labute approximate surface area is 221 Å². The molecule has 0 radical (unpaired) electrons. The van der Waals surface area contributed by atoms with Crippen LogP contribution in [-0.4, -0.2) is 51.4 Å². The minimum absolute atomic E-state index is 0.185. The van der Waals surface area contributed by atoms with Gasteiger partial charge in [0.25, 0.3) is 0 Å². The molecule has 1 amide bonds. The van der Waals surface area contributed by atoms with Crippen molar-refractivity contribution in [1.82, 2.24) is 9.62 Å². The molecule has 0 unspecified atom stereocenters. The van der Waals surface area contributed by atoms with Crippen molar-refractivity contribution in [3.63, 3.8) is 0 Å². The summed E-state index contributed by atoms with van der Waals surface area (Å²) in [4.78, 5) is 18.1. The van der Waals surface area contributed by atoms with Crippen LogP contribution in [0.25, 0.3) is 0 Å². The first kappa shape index (κ1) is 26.9. The van der Waals surface area contributed by atoms with Gasteiger partial charge in [-0.2, -0.15) is 4.72 Å². The number of anilines is 1. The lowest BCUT2D eigenvalue weighted by Crippen LogP contribution is -2.55. The maximum atomic E-state index is 13.8. The van der Waals surface area contributed by atoms with Crippen LogP contribution in [0.2, 0.25) is 0 Å². The summed E-state index contributed by atoms with van der Waals surface area (Å²) in [5.41, 5.74) is 6.97. The summed E-state index contributed by atoms with van der Waals surface area (Å²) in [6.07, 6.45) is 0.292. The summed E-state index contributed by atoms with van der Waals surface area (Å²) in [5.74, 6) is -0.185. The zero-order valence-electron chi connectivity index (χ0n) is 22.4. The van der Waals surface area contributed by atoms with Gasteiger partial charge in [-0.25, -0.2) is 8.42 Å². The second-order valence-electron chi connectivity index (χ2n) is 10.1. The molecule has 1 saturated heterocycles. The Morgan fingerprint density at radius 1 is 0.838 bits per heavy atom. The number of carbonyl (C=O) groups is 1. The third-order valence-electron chi connectivity index (χ3n) is 7.26. The molecule has 196 valence electrons. The SMILES string of the molecule is Cc1cc(C)c(S(=O)(=O)N[C@@H](Cc2ccccc2)C(=O)N2CCN(c3cccc(C)c3C)CC2)c(C)c1. The van der Waals surface area contributed by atoms with Crippen LogP contribution in [0.3, 0.4) is 0 Å². The topological polar surface area (TPSA) is 69.7 Å². The van der Waals surface area contributed by atoms with Gasteiger partial charge in [0, 0.05) is 31.9 Å². The molecule has 4 rings (SSSR count). The third-order valence-corrected chi connectivity index (χ3v) is 9.04. The summed E-state index contributed by atoms with van der Waals surface area (Å²) in [6.45, 7) is 12.3. The van der Waals surface area contributed by atoms with Crippen LogP contribution in [0.5, 0.6) is 0 Å². The maximum absolute atomic E-state index is 13.8. The first-order valence-corrected chi connectivity index (χ1v) is 14.3. The molecule has 7 heteroatoms. The molecule has 37 heavy (non-hydrogen) atoms. The molecule has 1 N–H and O–H groups in total. The Hall–Kier alpha value is -3.16. The smallest absolute Gasteiger partial charge is 0.241 e. The zero-order valence-corrected chi connectivity index (χ0v) is 23.2. The molecular formula is C30H37N3O3S. The van der Waals surface area contributed by atoms with E-state index in [9.17, 15) is 13.2 Å². The van der Waals surface area contributed by atoms with E-state index in [0.29, 0.717) is 43.7 Å². The number of hydrogen-bond donors (Lipinski definition) is 1. The molecule has 0 saturated carbocycles. The van der Waals surface area contributed by atoms with Crippen LogP contribution in [0, 0.1) is 34.6 Å². The van der Waals surface area contributed by atoms with Gasteiger partial charge >= 0.3 is 0 Å². The van der Waals surface area contributed by atoms with E-state index in [1.165, 1.54) is 16.8 Å². The quantitative estimate of drug-likeness (QED) is 0.500. The van der Waals surface area contributed by atoms with E-state index in [4.69, 9.17) is 0 Å². The molecule has 0 bridgehead atoms. The van der Waals surface area contributed by atoms with E-state index in [2.05, 4.69) is 41.7 Å². The van der Waals surface area contributed by atoms with Gasteiger partial charge in [0.15, 0.2) is 0 Å². The van der Waals surface area contributed by atoms with Gasteiger partial charge in [0.2, 0.25) is 15.9 Å². The molecule has 0 aromatic heterocycles. The van der Waals surface area contributed by atoms with E-state index in [1.54, 1.807) is 18.7 Å². The van der Waals surface area contributed by atoms with Crippen molar-refractivity contribution in [2.24, 2.45) is 0 Å². The Morgan fingerprint density at radius 3 is 2.08 bits per heavy atom. The lowest BCUT2D eigenvalue weighted by atomic mass is 10.0. The fourth-order valence-corrected chi connectivity index (χ4v) is 6.97. The van der Waals surface area contributed by atoms with Crippen LogP contribution in [-0.2, 0) is 21.2 Å². The highest BCUT2D eigenvalue weighted by atomic mass is 32.2. The number of nitrogens with zero attached hydrogens (tertiary/aromatic N) is 2. The number of benzene rings is 3. The lowest BCUT2D eigenvalue weighted by molar-refractivity contribution is -0.133. The molecule has 0 aliphatic carbocycles. The molecule has 0 spiro atoms. The Kier molecular flexibility index (Phi) is 8.05. The molecule has 6 nitrogen and oxygen atoms in total. The average Bonchev–Trinajstić information content (AvgIpc) is 2.84. The Morgan fingerprint density at radius 2 is 1.46 bits per heavy atom. The normalized spacial score (nSPS) is 15.1. The van der Waals surface area contributed by atoms with Gasteiger partial charge < -0.3 is 9.80 Å². The first-order valence-electron chi connectivity index (χ1n) is 12.8. The van der Waals surface area contributed by atoms with E-state index in [-0.39, 0.29) is 10.8 Å². The van der Waals surface area contributed by atoms with Crippen LogP contribution < -0.4 is 9.62 Å². The largest absolute Gasteiger partial charge is 0.368 e. The number of amides is 1. The highest BCUT2D eigenvalue weighted by molar-refractivity contribution is 7.89. The van der Waals surface area contributed by atoms with Gasteiger partial charge in [-0.1, -0.05) is 60.2 Å². The fraction of sp³-hybridized carbons (Fsp3) is 0.367. The minimum Gasteiger partial charge on any atom is -0.368 e. The number of nitrogens with one attached hydrogen (secondary N) is 1. The van der Waals surface area contributed by atoms with Gasteiger partial charge in [-0.3, -0.25) is 4.79 Å². The molecule has 3 aromatic rings. The van der Waals surface area contributed by atoms with Gasteiger partial charge in [0.1, 0.15) is 6.04 Å². The summed E-state index contributed by atoms with van der Waals surface area (Å²) < 4.78 is 30.0. The van der Waals surface area contributed by atoms with Gasteiger partial charge in [-0.15, -0.1) is 0 Å². The second kappa shape index (κ2) is 11.1. The van der Waals surface area contributed by atoms with Crippen molar-refractivity contribution >= 4 is 21.6 Å². The average molecular weight is 520 g/mol. The van der Waals surface area contributed by atoms with Crippen molar-refractivity contribution < 1.29 is 13.2 Å². The molecule has 1 aliphatic rings. The number of hydrogen-bond acceptors (Lipinski definition) is 4. The molecule has 1 aliphatic heterocycles. The highest BCUT2D eigenvalue weighted by Crippen LogP contribution is 2.25. The van der Waals surface area contributed by atoms with Crippen LogP contribution >= 0.6 is 0 Å². The van der Waals surface area contributed by atoms with E-state index in [0.717, 1.165) is 11.1 Å². The predicted molar refractivity (Wildman–Crippen MR) is 150 cm³/mol. The fourth-order valence-electron chi connectivity index (χ4n) is 5.33. The summed E-state index contributed by atoms with van der Waals surface area (Å²) in [6, 6.07) is 18.7. The number of carbonyl (C=O) groups excluding carboxylic acids is 1. The highest BCUT2D eigenvalue weighted by Gasteiger charge is 2.32. The second-order valence-corrected chi connectivity index (χ2v) is 11.8.